The number of hydrogen-bond acceptors (Lipinski definition) is 4. The van der Waals surface area contributed by atoms with E-state index in [4.69, 9.17) is 0 Å². The molecule has 1 fully saturated rings. The third-order valence-electron chi connectivity index (χ3n) is 4.11. The third kappa shape index (κ3) is 6.81. The van der Waals surface area contributed by atoms with E-state index in [2.05, 4.69) is 32.4 Å². The molecule has 0 aliphatic carbocycles. The lowest BCUT2D eigenvalue weighted by Gasteiger charge is -2.29. The van der Waals surface area contributed by atoms with Gasteiger partial charge in [0, 0.05) is 25.5 Å². The molecule has 0 aromatic carbocycles. The van der Waals surface area contributed by atoms with Crippen LogP contribution in [0.15, 0.2) is 10.4 Å². The number of alkyl halides is 3. The van der Waals surface area contributed by atoms with Crippen LogP contribution in [0.25, 0.3) is 0 Å². The van der Waals surface area contributed by atoms with Gasteiger partial charge in [-0.05, 0) is 31.8 Å². The zero-order chi connectivity index (χ0) is 18.3. The smallest absolute Gasteiger partial charge is 0.356 e. The van der Waals surface area contributed by atoms with Crippen molar-refractivity contribution in [1.82, 2.24) is 20.5 Å². The number of halogens is 3. The molecule has 1 unspecified atom stereocenters. The quantitative estimate of drug-likeness (QED) is 0.591. The molecule has 0 amide bonds. The van der Waals surface area contributed by atoms with Crippen LogP contribution in [0.4, 0.5) is 13.2 Å². The second kappa shape index (κ2) is 9.38. The van der Waals surface area contributed by atoms with Gasteiger partial charge >= 0.3 is 6.18 Å². The van der Waals surface area contributed by atoms with Crippen molar-refractivity contribution < 1.29 is 13.2 Å². The fraction of sp³-hybridized carbons (Fsp3) is 0.750. The summed E-state index contributed by atoms with van der Waals surface area (Å²) < 4.78 is 37.7. The molecule has 0 spiro atoms. The largest absolute Gasteiger partial charge is 0.434 e. The average Bonchev–Trinajstić information content (AvgIpc) is 3.05. The summed E-state index contributed by atoms with van der Waals surface area (Å²) in [4.78, 5) is 10.2. The summed E-state index contributed by atoms with van der Waals surface area (Å²) in [6, 6.07) is 0. The zero-order valence-electron chi connectivity index (χ0n) is 14.7. The average molecular weight is 377 g/mol. The Morgan fingerprint density at radius 2 is 2.04 bits per heavy atom. The number of likely N-dealkylation sites (tertiary alicyclic amines) is 1. The summed E-state index contributed by atoms with van der Waals surface area (Å²) in [5.74, 6) is 1.04. The van der Waals surface area contributed by atoms with Gasteiger partial charge in [-0.1, -0.05) is 13.3 Å². The normalized spacial score (nSPS) is 18.2. The van der Waals surface area contributed by atoms with E-state index in [0.29, 0.717) is 16.9 Å². The Kier molecular flexibility index (Phi) is 7.49. The molecule has 9 heteroatoms. The maximum Gasteiger partial charge on any atom is 0.434 e. The lowest BCUT2D eigenvalue weighted by Crippen LogP contribution is -2.42. The molecular formula is C16H26F3N5S. The molecule has 1 aromatic rings. The van der Waals surface area contributed by atoms with Crippen molar-refractivity contribution in [3.05, 3.63) is 16.1 Å². The SMILES string of the molecule is CN=C(NCc1nc(C(F)(F)F)cs1)NCC(C)CN1CCCCC1. The molecule has 1 aromatic heterocycles. The van der Waals surface area contributed by atoms with Crippen LogP contribution in [0.1, 0.15) is 36.9 Å². The molecule has 1 saturated heterocycles. The van der Waals surface area contributed by atoms with E-state index in [1.165, 1.54) is 32.4 Å². The van der Waals surface area contributed by atoms with Gasteiger partial charge < -0.3 is 15.5 Å². The van der Waals surface area contributed by atoms with Crippen LogP contribution < -0.4 is 10.6 Å². The fourth-order valence-corrected chi connectivity index (χ4v) is 3.56. The van der Waals surface area contributed by atoms with E-state index in [1.807, 2.05) is 0 Å². The lowest BCUT2D eigenvalue weighted by molar-refractivity contribution is -0.140. The van der Waals surface area contributed by atoms with Gasteiger partial charge in [-0.3, -0.25) is 4.99 Å². The number of hydrogen-bond donors (Lipinski definition) is 2. The van der Waals surface area contributed by atoms with Gasteiger partial charge in [0.1, 0.15) is 5.01 Å². The van der Waals surface area contributed by atoms with Crippen LogP contribution in [0.3, 0.4) is 0 Å². The Morgan fingerprint density at radius 3 is 2.64 bits per heavy atom. The first-order chi connectivity index (χ1) is 11.9. The third-order valence-corrected chi connectivity index (χ3v) is 4.96. The number of aliphatic imine (C=N–C) groups is 1. The first-order valence-electron chi connectivity index (χ1n) is 8.57. The van der Waals surface area contributed by atoms with Crippen molar-refractivity contribution in [1.29, 1.82) is 0 Å². The molecule has 25 heavy (non-hydrogen) atoms. The van der Waals surface area contributed by atoms with Gasteiger partial charge in [0.15, 0.2) is 11.7 Å². The number of nitrogens with zero attached hydrogens (tertiary/aromatic N) is 3. The second-order valence-electron chi connectivity index (χ2n) is 6.40. The summed E-state index contributed by atoms with van der Waals surface area (Å²) in [6.07, 6.45) is -0.515. The van der Waals surface area contributed by atoms with Crippen LogP contribution in [0.2, 0.25) is 0 Å². The monoisotopic (exact) mass is 377 g/mol. The molecule has 2 rings (SSSR count). The second-order valence-corrected chi connectivity index (χ2v) is 7.34. The van der Waals surface area contributed by atoms with Crippen LogP contribution in [0.5, 0.6) is 0 Å². The van der Waals surface area contributed by atoms with E-state index < -0.39 is 11.9 Å². The summed E-state index contributed by atoms with van der Waals surface area (Å²) in [5.41, 5.74) is -0.840. The summed E-state index contributed by atoms with van der Waals surface area (Å²) in [6.45, 7) is 6.56. The van der Waals surface area contributed by atoms with E-state index in [1.54, 1.807) is 7.05 Å². The standard InChI is InChI=1S/C16H26F3N5S/c1-12(10-24-6-4-3-5-7-24)8-21-15(20-2)22-9-14-23-13(11-25-14)16(17,18)19/h11-12H,3-10H2,1-2H3,(H2,20,21,22). The topological polar surface area (TPSA) is 52.6 Å². The Labute approximate surface area is 150 Å². The minimum absolute atomic E-state index is 0.223. The van der Waals surface area contributed by atoms with Crippen molar-refractivity contribution in [3.8, 4) is 0 Å². The molecule has 5 nitrogen and oxygen atoms in total. The number of piperidine rings is 1. The highest BCUT2D eigenvalue weighted by Crippen LogP contribution is 2.29. The zero-order valence-corrected chi connectivity index (χ0v) is 15.5. The van der Waals surface area contributed by atoms with E-state index in [-0.39, 0.29) is 6.54 Å². The van der Waals surface area contributed by atoms with Crippen molar-refractivity contribution >= 4 is 17.3 Å². The summed E-state index contributed by atoms with van der Waals surface area (Å²) >= 11 is 0.994. The van der Waals surface area contributed by atoms with Crippen molar-refractivity contribution in [2.45, 2.75) is 38.9 Å². The van der Waals surface area contributed by atoms with Crippen LogP contribution in [0, 0.1) is 5.92 Å². The number of rotatable bonds is 6. The van der Waals surface area contributed by atoms with Crippen LogP contribution in [-0.4, -0.2) is 49.1 Å². The predicted molar refractivity (Wildman–Crippen MR) is 94.8 cm³/mol. The van der Waals surface area contributed by atoms with Gasteiger partial charge in [-0.15, -0.1) is 11.3 Å². The van der Waals surface area contributed by atoms with Crippen molar-refractivity contribution in [2.75, 3.05) is 33.2 Å². The first-order valence-corrected chi connectivity index (χ1v) is 9.45. The minimum Gasteiger partial charge on any atom is -0.356 e. The Morgan fingerprint density at radius 1 is 1.32 bits per heavy atom. The maximum absolute atomic E-state index is 12.6. The molecule has 1 atom stereocenters. The highest BCUT2D eigenvalue weighted by molar-refractivity contribution is 7.09. The molecule has 0 radical (unpaired) electrons. The molecule has 1 aliphatic rings. The minimum atomic E-state index is -4.39. The van der Waals surface area contributed by atoms with Gasteiger partial charge in [0.05, 0.1) is 6.54 Å². The molecule has 0 bridgehead atoms. The number of aromatic nitrogens is 1. The number of guanidine groups is 1. The lowest BCUT2D eigenvalue weighted by atomic mass is 10.1. The van der Waals surface area contributed by atoms with Crippen molar-refractivity contribution in [3.63, 3.8) is 0 Å². The Bertz CT molecular complexity index is 552. The molecule has 2 N–H and O–H groups in total. The van der Waals surface area contributed by atoms with Crippen molar-refractivity contribution in [2.24, 2.45) is 10.9 Å². The van der Waals surface area contributed by atoms with Gasteiger partial charge in [0.2, 0.25) is 0 Å². The van der Waals surface area contributed by atoms with Gasteiger partial charge in [-0.25, -0.2) is 4.98 Å². The predicted octanol–water partition coefficient (Wildman–Crippen LogP) is 2.95. The van der Waals surface area contributed by atoms with E-state index >= 15 is 0 Å². The maximum atomic E-state index is 12.6. The fourth-order valence-electron chi connectivity index (χ4n) is 2.82. The van der Waals surface area contributed by atoms with Crippen LogP contribution >= 0.6 is 11.3 Å². The molecular weight excluding hydrogens is 351 g/mol. The van der Waals surface area contributed by atoms with Crippen LogP contribution in [-0.2, 0) is 12.7 Å². The highest BCUT2D eigenvalue weighted by atomic mass is 32.1. The highest BCUT2D eigenvalue weighted by Gasteiger charge is 2.33. The van der Waals surface area contributed by atoms with E-state index in [9.17, 15) is 13.2 Å². The first kappa shape index (κ1) is 20.0. The molecule has 0 saturated carbocycles. The van der Waals surface area contributed by atoms with E-state index in [0.717, 1.165) is 29.8 Å². The number of nitrogens with one attached hydrogen (secondary N) is 2. The summed E-state index contributed by atoms with van der Waals surface area (Å²) in [5, 5.41) is 7.67. The van der Waals surface area contributed by atoms with Gasteiger partial charge in [-0.2, -0.15) is 13.2 Å². The Hall–Kier alpha value is -1.35. The number of thiazole rings is 1. The molecule has 142 valence electrons. The molecule has 1 aliphatic heterocycles. The van der Waals surface area contributed by atoms with Gasteiger partial charge in [0.25, 0.3) is 0 Å². The Balaban J connectivity index is 1.72. The summed E-state index contributed by atoms with van der Waals surface area (Å²) in [7, 11) is 1.65. The molecule has 2 heterocycles.